The second kappa shape index (κ2) is 6.15. The van der Waals surface area contributed by atoms with E-state index in [0.717, 1.165) is 5.56 Å². The Bertz CT molecular complexity index is 681. The number of halogens is 1. The lowest BCUT2D eigenvalue weighted by molar-refractivity contribution is 0.587. The lowest BCUT2D eigenvalue weighted by atomic mass is 10.2. The first kappa shape index (κ1) is 14.7. The van der Waals surface area contributed by atoms with Crippen molar-refractivity contribution >= 4 is 9.84 Å². The maximum atomic E-state index is 13.4. The van der Waals surface area contributed by atoms with E-state index < -0.39 is 9.84 Å². The van der Waals surface area contributed by atoms with E-state index in [2.05, 4.69) is 5.32 Å². The molecule has 106 valence electrons. The smallest absolute Gasteiger partial charge is 0.175 e. The minimum absolute atomic E-state index is 0.229. The molecule has 0 aliphatic rings. The fourth-order valence-corrected chi connectivity index (χ4v) is 2.47. The van der Waals surface area contributed by atoms with Crippen molar-refractivity contribution in [3.63, 3.8) is 0 Å². The van der Waals surface area contributed by atoms with Crippen molar-refractivity contribution in [2.45, 2.75) is 18.0 Å². The monoisotopic (exact) mass is 293 g/mol. The van der Waals surface area contributed by atoms with E-state index in [1.165, 1.54) is 12.3 Å². The third-order valence-corrected chi connectivity index (χ3v) is 4.08. The van der Waals surface area contributed by atoms with Crippen LogP contribution >= 0.6 is 0 Å². The molecular weight excluding hydrogens is 277 g/mol. The van der Waals surface area contributed by atoms with Crippen LogP contribution < -0.4 is 5.32 Å². The number of rotatable bonds is 5. The van der Waals surface area contributed by atoms with E-state index in [1.54, 1.807) is 42.5 Å². The molecule has 0 atom stereocenters. The average molecular weight is 293 g/mol. The Labute approximate surface area is 118 Å². The normalized spacial score (nSPS) is 11.5. The van der Waals surface area contributed by atoms with Crippen LogP contribution in [0.1, 0.15) is 11.1 Å². The second-order valence-corrected chi connectivity index (χ2v) is 6.63. The summed E-state index contributed by atoms with van der Waals surface area (Å²) in [7, 11) is -3.16. The molecule has 0 radical (unpaired) electrons. The van der Waals surface area contributed by atoms with Crippen LogP contribution in [-0.2, 0) is 22.9 Å². The van der Waals surface area contributed by atoms with Gasteiger partial charge in [0.25, 0.3) is 0 Å². The molecule has 0 bridgehead atoms. The minimum atomic E-state index is -3.16. The molecule has 0 saturated heterocycles. The number of nitrogens with one attached hydrogen (secondary N) is 1. The number of hydrogen-bond acceptors (Lipinski definition) is 3. The molecule has 0 unspecified atom stereocenters. The highest BCUT2D eigenvalue weighted by Crippen LogP contribution is 2.11. The molecule has 0 aliphatic heterocycles. The highest BCUT2D eigenvalue weighted by molar-refractivity contribution is 7.90. The molecule has 2 aromatic carbocycles. The van der Waals surface area contributed by atoms with Crippen LogP contribution in [0.5, 0.6) is 0 Å². The highest BCUT2D eigenvalue weighted by Gasteiger charge is 2.06. The summed E-state index contributed by atoms with van der Waals surface area (Å²) in [6.45, 7) is 0.985. The SMILES string of the molecule is CS(=O)(=O)c1ccc(CNCc2ccccc2F)cc1. The van der Waals surface area contributed by atoms with Gasteiger partial charge in [-0.25, -0.2) is 12.8 Å². The van der Waals surface area contributed by atoms with Crippen LogP contribution in [-0.4, -0.2) is 14.7 Å². The first-order chi connectivity index (χ1) is 9.47. The fraction of sp³-hybridized carbons (Fsp3) is 0.200. The minimum Gasteiger partial charge on any atom is -0.309 e. The largest absolute Gasteiger partial charge is 0.309 e. The maximum absolute atomic E-state index is 13.4. The first-order valence-corrected chi connectivity index (χ1v) is 8.09. The average Bonchev–Trinajstić information content (AvgIpc) is 2.40. The number of hydrogen-bond donors (Lipinski definition) is 1. The predicted molar refractivity (Wildman–Crippen MR) is 76.5 cm³/mol. The van der Waals surface area contributed by atoms with Gasteiger partial charge in [0.05, 0.1) is 4.90 Å². The molecule has 0 fully saturated rings. The third-order valence-electron chi connectivity index (χ3n) is 2.95. The van der Waals surface area contributed by atoms with Crippen molar-refractivity contribution in [2.24, 2.45) is 0 Å². The van der Waals surface area contributed by atoms with Gasteiger partial charge in [-0.15, -0.1) is 0 Å². The molecule has 2 aromatic rings. The van der Waals surface area contributed by atoms with E-state index in [9.17, 15) is 12.8 Å². The van der Waals surface area contributed by atoms with Crippen LogP contribution in [0.2, 0.25) is 0 Å². The summed E-state index contributed by atoms with van der Waals surface area (Å²) in [5.41, 5.74) is 1.56. The van der Waals surface area contributed by atoms with Gasteiger partial charge in [-0.05, 0) is 23.8 Å². The molecule has 0 amide bonds. The summed E-state index contributed by atoms with van der Waals surface area (Å²) < 4.78 is 36.0. The van der Waals surface area contributed by atoms with Crippen molar-refractivity contribution in [1.82, 2.24) is 5.32 Å². The Kier molecular flexibility index (Phi) is 4.52. The fourth-order valence-electron chi connectivity index (χ4n) is 1.84. The lowest BCUT2D eigenvalue weighted by Gasteiger charge is -2.07. The second-order valence-electron chi connectivity index (χ2n) is 4.61. The summed E-state index contributed by atoms with van der Waals surface area (Å²) in [4.78, 5) is 0.301. The third kappa shape index (κ3) is 3.88. The summed E-state index contributed by atoms with van der Waals surface area (Å²) in [5, 5.41) is 3.13. The highest BCUT2D eigenvalue weighted by atomic mass is 32.2. The predicted octanol–water partition coefficient (Wildman–Crippen LogP) is 2.52. The van der Waals surface area contributed by atoms with E-state index >= 15 is 0 Å². The first-order valence-electron chi connectivity index (χ1n) is 6.20. The van der Waals surface area contributed by atoms with Gasteiger partial charge in [-0.2, -0.15) is 0 Å². The van der Waals surface area contributed by atoms with Gasteiger partial charge in [0.2, 0.25) is 0 Å². The van der Waals surface area contributed by atoms with Crippen molar-refractivity contribution in [1.29, 1.82) is 0 Å². The summed E-state index contributed by atoms with van der Waals surface area (Å²) in [6, 6.07) is 13.3. The molecule has 1 N–H and O–H groups in total. The van der Waals surface area contributed by atoms with E-state index in [0.29, 0.717) is 23.5 Å². The van der Waals surface area contributed by atoms with Crippen LogP contribution in [0, 0.1) is 5.82 Å². The summed E-state index contributed by atoms with van der Waals surface area (Å²) in [6.07, 6.45) is 1.18. The van der Waals surface area contributed by atoms with Crippen molar-refractivity contribution < 1.29 is 12.8 Å². The Morgan fingerprint density at radius 3 is 2.25 bits per heavy atom. The van der Waals surface area contributed by atoms with Crippen molar-refractivity contribution in [3.05, 3.63) is 65.5 Å². The van der Waals surface area contributed by atoms with Crippen LogP contribution in [0.25, 0.3) is 0 Å². The van der Waals surface area contributed by atoms with E-state index in [4.69, 9.17) is 0 Å². The molecule has 0 spiro atoms. The number of sulfone groups is 1. The Morgan fingerprint density at radius 1 is 1.00 bits per heavy atom. The zero-order chi connectivity index (χ0) is 14.6. The van der Waals surface area contributed by atoms with Crippen molar-refractivity contribution in [2.75, 3.05) is 6.26 Å². The molecule has 3 nitrogen and oxygen atoms in total. The summed E-state index contributed by atoms with van der Waals surface area (Å²) >= 11 is 0. The summed E-state index contributed by atoms with van der Waals surface area (Å²) in [5.74, 6) is -0.229. The Balaban J connectivity index is 1.94. The zero-order valence-corrected chi connectivity index (χ0v) is 12.0. The standard InChI is InChI=1S/C15H16FNO2S/c1-20(18,19)14-8-6-12(7-9-14)10-17-11-13-4-2-3-5-15(13)16/h2-9,17H,10-11H2,1H3. The van der Waals surface area contributed by atoms with Crippen molar-refractivity contribution in [3.8, 4) is 0 Å². The van der Waals surface area contributed by atoms with Crippen LogP contribution in [0.3, 0.4) is 0 Å². The quantitative estimate of drug-likeness (QED) is 0.921. The van der Waals surface area contributed by atoms with Gasteiger partial charge in [-0.1, -0.05) is 30.3 Å². The molecule has 0 saturated carbocycles. The molecule has 0 aromatic heterocycles. The van der Waals surface area contributed by atoms with Crippen LogP contribution in [0.15, 0.2) is 53.4 Å². The van der Waals surface area contributed by atoms with Gasteiger partial charge < -0.3 is 5.32 Å². The lowest BCUT2D eigenvalue weighted by Crippen LogP contribution is -2.13. The van der Waals surface area contributed by atoms with Crippen LogP contribution in [0.4, 0.5) is 4.39 Å². The van der Waals surface area contributed by atoms with Gasteiger partial charge in [0.1, 0.15) is 5.82 Å². The van der Waals surface area contributed by atoms with E-state index in [-0.39, 0.29) is 5.82 Å². The molecule has 2 rings (SSSR count). The zero-order valence-electron chi connectivity index (χ0n) is 11.1. The topological polar surface area (TPSA) is 46.2 Å². The Morgan fingerprint density at radius 2 is 1.65 bits per heavy atom. The number of benzene rings is 2. The maximum Gasteiger partial charge on any atom is 0.175 e. The molecule has 5 heteroatoms. The van der Waals surface area contributed by atoms with Gasteiger partial charge >= 0.3 is 0 Å². The van der Waals surface area contributed by atoms with Gasteiger partial charge in [0, 0.05) is 24.9 Å². The van der Waals surface area contributed by atoms with Gasteiger partial charge in [-0.3, -0.25) is 0 Å². The molecular formula is C15H16FNO2S. The van der Waals surface area contributed by atoms with E-state index in [1.807, 2.05) is 0 Å². The molecule has 20 heavy (non-hydrogen) atoms. The molecule has 0 aliphatic carbocycles. The van der Waals surface area contributed by atoms with Gasteiger partial charge in [0.15, 0.2) is 9.84 Å². The molecule has 0 heterocycles. The Hall–Kier alpha value is -1.72.